The van der Waals surface area contributed by atoms with Gasteiger partial charge in [0.2, 0.25) is 5.91 Å². The average molecular weight is 346 g/mol. The summed E-state index contributed by atoms with van der Waals surface area (Å²) in [5, 5.41) is 13.0. The molecular weight excluding hydrogens is 320 g/mol. The van der Waals surface area contributed by atoms with Gasteiger partial charge in [-0.3, -0.25) is 19.3 Å². The lowest BCUT2D eigenvalue weighted by Gasteiger charge is -2.29. The summed E-state index contributed by atoms with van der Waals surface area (Å²) in [6.45, 7) is 7.62. The average Bonchev–Trinajstić information content (AvgIpc) is 2.80. The van der Waals surface area contributed by atoms with Gasteiger partial charge in [0.1, 0.15) is 0 Å². The van der Waals surface area contributed by atoms with Gasteiger partial charge in [-0.15, -0.1) is 0 Å². The highest BCUT2D eigenvalue weighted by molar-refractivity contribution is 6.21. The first-order valence-corrected chi connectivity index (χ1v) is 8.63. The van der Waals surface area contributed by atoms with Crippen LogP contribution in [0.2, 0.25) is 0 Å². The zero-order valence-electron chi connectivity index (χ0n) is 15.3. The molecule has 0 radical (unpaired) electrons. The topological polar surface area (TPSA) is 86.7 Å². The molecule has 0 spiro atoms. The van der Waals surface area contributed by atoms with Crippen molar-refractivity contribution in [3.63, 3.8) is 0 Å². The molecule has 3 amide bonds. The van der Waals surface area contributed by atoms with Crippen molar-refractivity contribution >= 4 is 17.7 Å². The molecule has 0 unspecified atom stereocenters. The highest BCUT2D eigenvalue weighted by Gasteiger charge is 2.35. The Kier molecular flexibility index (Phi) is 5.62. The first-order chi connectivity index (χ1) is 11.7. The van der Waals surface area contributed by atoms with Crippen molar-refractivity contribution in [2.45, 2.75) is 46.1 Å². The van der Waals surface area contributed by atoms with E-state index in [1.165, 1.54) is 0 Å². The summed E-state index contributed by atoms with van der Waals surface area (Å²) in [4.78, 5) is 37.8. The molecule has 0 fully saturated rings. The molecule has 2 atom stereocenters. The van der Waals surface area contributed by atoms with Crippen molar-refractivity contribution in [1.82, 2.24) is 10.2 Å². The Morgan fingerprint density at radius 3 is 2.56 bits per heavy atom. The van der Waals surface area contributed by atoms with Crippen LogP contribution in [0.1, 0.15) is 59.9 Å². The van der Waals surface area contributed by atoms with Crippen LogP contribution in [0.4, 0.5) is 0 Å². The second-order valence-electron chi connectivity index (χ2n) is 7.00. The summed E-state index contributed by atoms with van der Waals surface area (Å²) < 4.78 is 0. The minimum Gasteiger partial charge on any atom is -0.388 e. The second kappa shape index (κ2) is 7.35. The Hall–Kier alpha value is -2.21. The number of fused-ring (bicyclic) bond motifs is 1. The summed E-state index contributed by atoms with van der Waals surface area (Å²) in [7, 11) is 0. The van der Waals surface area contributed by atoms with Crippen LogP contribution in [0.3, 0.4) is 0 Å². The lowest BCUT2D eigenvalue weighted by atomic mass is 9.88. The highest BCUT2D eigenvalue weighted by Crippen LogP contribution is 2.24. The maximum Gasteiger partial charge on any atom is 0.261 e. The molecule has 1 aromatic carbocycles. The fourth-order valence-electron chi connectivity index (χ4n) is 2.80. The van der Waals surface area contributed by atoms with E-state index in [-0.39, 0.29) is 43.1 Å². The number of carbonyl (C=O) groups excluding carboxylic acids is 3. The first kappa shape index (κ1) is 19.1. The van der Waals surface area contributed by atoms with E-state index in [1.54, 1.807) is 25.1 Å². The molecule has 25 heavy (non-hydrogen) atoms. The molecule has 0 aromatic heterocycles. The van der Waals surface area contributed by atoms with Crippen molar-refractivity contribution in [2.24, 2.45) is 5.92 Å². The predicted molar refractivity (Wildman–Crippen MR) is 94.3 cm³/mol. The van der Waals surface area contributed by atoms with Crippen molar-refractivity contribution in [3.05, 3.63) is 34.9 Å². The fourth-order valence-corrected chi connectivity index (χ4v) is 2.80. The van der Waals surface area contributed by atoms with E-state index < -0.39 is 5.60 Å². The minimum absolute atomic E-state index is 0.0149. The summed E-state index contributed by atoms with van der Waals surface area (Å²) >= 11 is 0. The molecule has 0 saturated heterocycles. The van der Waals surface area contributed by atoms with Crippen LogP contribution in [0.15, 0.2) is 18.2 Å². The van der Waals surface area contributed by atoms with Gasteiger partial charge in [0.25, 0.3) is 11.8 Å². The number of nitrogens with one attached hydrogen (secondary N) is 1. The number of nitrogens with zero attached hydrogens (tertiary/aromatic N) is 1. The van der Waals surface area contributed by atoms with Crippen LogP contribution in [0, 0.1) is 12.8 Å². The molecule has 1 aliphatic rings. The predicted octanol–water partition coefficient (Wildman–Crippen LogP) is 1.89. The molecule has 0 bridgehead atoms. The van der Waals surface area contributed by atoms with Crippen LogP contribution in [-0.4, -0.2) is 46.4 Å². The molecule has 1 heterocycles. The summed E-state index contributed by atoms with van der Waals surface area (Å²) in [6, 6.07) is 5.13. The van der Waals surface area contributed by atoms with Gasteiger partial charge < -0.3 is 10.4 Å². The van der Waals surface area contributed by atoms with E-state index in [4.69, 9.17) is 0 Å². The number of imide groups is 1. The van der Waals surface area contributed by atoms with Gasteiger partial charge in [0, 0.05) is 19.5 Å². The zero-order chi connectivity index (χ0) is 18.8. The summed E-state index contributed by atoms with van der Waals surface area (Å²) in [5.74, 6) is -0.967. The van der Waals surface area contributed by atoms with Crippen molar-refractivity contribution in [2.75, 3.05) is 13.1 Å². The molecule has 1 aliphatic heterocycles. The quantitative estimate of drug-likeness (QED) is 0.738. The number of benzene rings is 1. The van der Waals surface area contributed by atoms with Gasteiger partial charge >= 0.3 is 0 Å². The molecule has 6 nitrogen and oxygen atoms in total. The molecule has 2 N–H and O–H groups in total. The van der Waals surface area contributed by atoms with Crippen molar-refractivity contribution in [3.8, 4) is 0 Å². The molecule has 136 valence electrons. The van der Waals surface area contributed by atoms with Gasteiger partial charge in [-0.25, -0.2) is 0 Å². The molecule has 1 aromatic rings. The number of carbonyl (C=O) groups is 3. The maximum atomic E-state index is 12.4. The number of aliphatic hydroxyl groups is 1. The Bertz CT molecular complexity index is 697. The van der Waals surface area contributed by atoms with E-state index in [0.29, 0.717) is 11.1 Å². The Balaban J connectivity index is 1.91. The third kappa shape index (κ3) is 4.07. The van der Waals surface area contributed by atoms with Crippen molar-refractivity contribution in [1.29, 1.82) is 0 Å². The number of rotatable bonds is 7. The lowest BCUT2D eigenvalue weighted by molar-refractivity contribution is -0.122. The standard InChI is InChI=1S/C19H26N2O4/c1-5-13(3)19(4,25)11-20-16(22)8-9-21-17(23)14-7-6-12(2)10-15(14)18(21)24/h6-7,10,13,25H,5,8-9,11H2,1-4H3,(H,20,22)/t13-,19-/m1/s1. The van der Waals surface area contributed by atoms with Crippen LogP contribution >= 0.6 is 0 Å². The van der Waals surface area contributed by atoms with Crippen molar-refractivity contribution < 1.29 is 19.5 Å². The Labute approximate surface area is 148 Å². The Morgan fingerprint density at radius 2 is 1.92 bits per heavy atom. The van der Waals surface area contributed by atoms with Crippen LogP contribution in [-0.2, 0) is 4.79 Å². The number of amides is 3. The second-order valence-corrected chi connectivity index (χ2v) is 7.00. The third-order valence-electron chi connectivity index (χ3n) is 5.01. The van der Waals surface area contributed by atoms with E-state index in [2.05, 4.69) is 5.32 Å². The Morgan fingerprint density at radius 1 is 1.28 bits per heavy atom. The normalized spacial score (nSPS) is 17.2. The van der Waals surface area contributed by atoms with E-state index in [1.807, 2.05) is 20.8 Å². The molecule has 0 saturated carbocycles. The fraction of sp³-hybridized carbons (Fsp3) is 0.526. The van der Waals surface area contributed by atoms with Crippen LogP contribution in [0.25, 0.3) is 0 Å². The minimum atomic E-state index is -0.989. The van der Waals surface area contributed by atoms with Gasteiger partial charge in [-0.05, 0) is 31.9 Å². The summed E-state index contributed by atoms with van der Waals surface area (Å²) in [6.07, 6.45) is 0.818. The highest BCUT2D eigenvalue weighted by atomic mass is 16.3. The van der Waals surface area contributed by atoms with E-state index >= 15 is 0 Å². The SMILES string of the molecule is CC[C@@H](C)[C@](C)(O)CNC(=O)CCN1C(=O)c2ccc(C)cc2C1=O. The number of hydrogen-bond acceptors (Lipinski definition) is 4. The summed E-state index contributed by atoms with van der Waals surface area (Å²) in [5.41, 5.74) is 0.699. The first-order valence-electron chi connectivity index (χ1n) is 8.63. The lowest BCUT2D eigenvalue weighted by Crippen LogP contribution is -2.45. The van der Waals surface area contributed by atoms with E-state index in [9.17, 15) is 19.5 Å². The smallest absolute Gasteiger partial charge is 0.261 e. The van der Waals surface area contributed by atoms with Crippen LogP contribution < -0.4 is 5.32 Å². The van der Waals surface area contributed by atoms with Gasteiger partial charge in [-0.1, -0.05) is 31.9 Å². The largest absolute Gasteiger partial charge is 0.388 e. The molecule has 0 aliphatic carbocycles. The zero-order valence-corrected chi connectivity index (χ0v) is 15.3. The van der Waals surface area contributed by atoms with Gasteiger partial charge in [0.15, 0.2) is 0 Å². The van der Waals surface area contributed by atoms with E-state index in [0.717, 1.165) is 16.9 Å². The van der Waals surface area contributed by atoms with Crippen LogP contribution in [0.5, 0.6) is 0 Å². The molecule has 2 rings (SSSR count). The molecular formula is C19H26N2O4. The van der Waals surface area contributed by atoms with Gasteiger partial charge in [0.05, 0.1) is 16.7 Å². The number of hydrogen-bond donors (Lipinski definition) is 2. The third-order valence-corrected chi connectivity index (χ3v) is 5.01. The van der Waals surface area contributed by atoms with Gasteiger partial charge in [-0.2, -0.15) is 0 Å². The maximum absolute atomic E-state index is 12.4. The monoisotopic (exact) mass is 346 g/mol. The number of aryl methyl sites for hydroxylation is 1. The molecule has 6 heteroatoms.